The van der Waals surface area contributed by atoms with E-state index >= 15 is 0 Å². The molecule has 0 radical (unpaired) electrons. The van der Waals surface area contributed by atoms with Gasteiger partial charge in [0, 0.05) is 11.9 Å². The first-order valence-corrected chi connectivity index (χ1v) is 6.62. The minimum atomic E-state index is 0.575. The smallest absolute Gasteiger partial charge is 0.0575 e. The molecule has 13 heavy (non-hydrogen) atoms. The highest BCUT2D eigenvalue weighted by atomic mass is 79.9. The summed E-state index contributed by atoms with van der Waals surface area (Å²) < 4.78 is 5.81. The van der Waals surface area contributed by atoms with Gasteiger partial charge in [0.1, 0.15) is 0 Å². The van der Waals surface area contributed by atoms with E-state index in [1.807, 2.05) is 0 Å². The molecule has 0 spiro atoms. The molecule has 78 valence electrons. The first-order chi connectivity index (χ1) is 6.33. The van der Waals surface area contributed by atoms with Gasteiger partial charge in [-0.25, -0.2) is 0 Å². The predicted octanol–water partition coefficient (Wildman–Crippen LogP) is 3.76. The van der Waals surface area contributed by atoms with Gasteiger partial charge in [0.25, 0.3) is 0 Å². The van der Waals surface area contributed by atoms with Gasteiger partial charge in [-0.1, -0.05) is 22.9 Å². The minimum Gasteiger partial charge on any atom is -0.378 e. The zero-order valence-electron chi connectivity index (χ0n) is 8.60. The van der Waals surface area contributed by atoms with Crippen LogP contribution in [-0.2, 0) is 4.74 Å². The number of alkyl halides is 1. The molecule has 1 saturated carbocycles. The molecular formula is C11H21BrO. The van der Waals surface area contributed by atoms with Crippen molar-refractivity contribution < 1.29 is 4.74 Å². The maximum Gasteiger partial charge on any atom is 0.0575 e. The summed E-state index contributed by atoms with van der Waals surface area (Å²) >= 11 is 3.43. The van der Waals surface area contributed by atoms with Crippen LogP contribution < -0.4 is 0 Å². The third kappa shape index (κ3) is 5.02. The van der Waals surface area contributed by atoms with Crippen molar-refractivity contribution >= 4 is 15.9 Å². The van der Waals surface area contributed by atoms with Crippen LogP contribution in [0.4, 0.5) is 0 Å². The fourth-order valence-corrected chi connectivity index (χ4v) is 2.24. The quantitative estimate of drug-likeness (QED) is 0.532. The molecule has 2 heteroatoms. The van der Waals surface area contributed by atoms with Crippen molar-refractivity contribution in [1.82, 2.24) is 0 Å². The number of ether oxygens (including phenoxy) is 1. The van der Waals surface area contributed by atoms with Crippen molar-refractivity contribution in [3.8, 4) is 0 Å². The minimum absolute atomic E-state index is 0.575. The van der Waals surface area contributed by atoms with Gasteiger partial charge in [0.2, 0.25) is 0 Å². The second-order valence-corrected chi connectivity index (χ2v) is 4.94. The topological polar surface area (TPSA) is 9.23 Å². The van der Waals surface area contributed by atoms with Crippen LogP contribution in [0, 0.1) is 5.92 Å². The van der Waals surface area contributed by atoms with Gasteiger partial charge >= 0.3 is 0 Å². The molecule has 1 aliphatic carbocycles. The van der Waals surface area contributed by atoms with E-state index in [1.165, 1.54) is 38.5 Å². The Balaban J connectivity index is 1.96. The van der Waals surface area contributed by atoms with E-state index in [-0.39, 0.29) is 0 Å². The summed E-state index contributed by atoms with van der Waals surface area (Å²) in [7, 11) is 0. The normalized spacial score (nSPS) is 29.1. The Morgan fingerprint density at radius 1 is 1.15 bits per heavy atom. The molecule has 0 atom stereocenters. The van der Waals surface area contributed by atoms with Crippen LogP contribution in [0.2, 0.25) is 0 Å². The van der Waals surface area contributed by atoms with Gasteiger partial charge in [-0.05, 0) is 44.4 Å². The number of halogens is 1. The summed E-state index contributed by atoms with van der Waals surface area (Å²) in [5, 5.41) is 1.11. The summed E-state index contributed by atoms with van der Waals surface area (Å²) in [5.74, 6) is 0.933. The molecule has 1 nitrogen and oxygen atoms in total. The van der Waals surface area contributed by atoms with E-state index in [2.05, 4.69) is 22.9 Å². The maximum atomic E-state index is 5.81. The molecule has 1 fully saturated rings. The molecule has 0 aromatic carbocycles. The van der Waals surface area contributed by atoms with Gasteiger partial charge < -0.3 is 4.74 Å². The van der Waals surface area contributed by atoms with E-state index in [9.17, 15) is 0 Å². The van der Waals surface area contributed by atoms with Crippen LogP contribution in [0.5, 0.6) is 0 Å². The van der Waals surface area contributed by atoms with Gasteiger partial charge in [-0.15, -0.1) is 0 Å². The second kappa shape index (κ2) is 6.83. The molecular weight excluding hydrogens is 228 g/mol. The number of hydrogen-bond donors (Lipinski definition) is 0. The van der Waals surface area contributed by atoms with Gasteiger partial charge in [0.15, 0.2) is 0 Å². The zero-order chi connectivity index (χ0) is 9.52. The summed E-state index contributed by atoms with van der Waals surface area (Å²) in [6.07, 6.45) is 8.32. The Morgan fingerprint density at radius 3 is 2.46 bits per heavy atom. The Hall–Kier alpha value is 0.440. The zero-order valence-corrected chi connectivity index (χ0v) is 10.2. The van der Waals surface area contributed by atoms with Crippen molar-refractivity contribution in [1.29, 1.82) is 0 Å². The van der Waals surface area contributed by atoms with Crippen LogP contribution in [0.15, 0.2) is 0 Å². The van der Waals surface area contributed by atoms with E-state index in [0.29, 0.717) is 6.10 Å². The third-order valence-corrected chi connectivity index (χ3v) is 3.41. The van der Waals surface area contributed by atoms with Crippen molar-refractivity contribution in [3.63, 3.8) is 0 Å². The van der Waals surface area contributed by atoms with Crippen LogP contribution >= 0.6 is 15.9 Å². The summed E-state index contributed by atoms with van der Waals surface area (Å²) in [6, 6.07) is 0. The van der Waals surface area contributed by atoms with Gasteiger partial charge in [-0.3, -0.25) is 0 Å². The summed E-state index contributed by atoms with van der Waals surface area (Å²) in [5.41, 5.74) is 0. The molecule has 0 saturated heterocycles. The molecule has 0 heterocycles. The van der Waals surface area contributed by atoms with Crippen molar-refractivity contribution in [2.24, 2.45) is 5.92 Å². The third-order valence-electron chi connectivity index (χ3n) is 2.84. The first-order valence-electron chi connectivity index (χ1n) is 5.50. The average molecular weight is 249 g/mol. The first kappa shape index (κ1) is 11.5. The lowest BCUT2D eigenvalue weighted by atomic mass is 9.89. The summed E-state index contributed by atoms with van der Waals surface area (Å²) in [4.78, 5) is 0. The average Bonchev–Trinajstić information content (AvgIpc) is 2.15. The fourth-order valence-electron chi connectivity index (χ4n) is 1.84. The lowest BCUT2D eigenvalue weighted by Gasteiger charge is -2.26. The molecule has 0 bridgehead atoms. The molecule has 1 aliphatic rings. The molecule has 0 unspecified atom stereocenters. The van der Waals surface area contributed by atoms with E-state index < -0.39 is 0 Å². The molecule has 0 aliphatic heterocycles. The Labute approximate surface area is 90.4 Å². The standard InChI is InChI=1S/C11H21BrO/c1-10-4-6-11(7-5-10)13-9-3-2-8-12/h10-11H,2-9H2,1H3. The second-order valence-electron chi connectivity index (χ2n) is 4.15. The van der Waals surface area contributed by atoms with Crippen molar-refractivity contribution in [2.75, 3.05) is 11.9 Å². The monoisotopic (exact) mass is 248 g/mol. The highest BCUT2D eigenvalue weighted by Crippen LogP contribution is 2.25. The van der Waals surface area contributed by atoms with Gasteiger partial charge in [0.05, 0.1) is 6.10 Å². The molecule has 0 aromatic rings. The molecule has 0 N–H and O–H groups in total. The summed E-state index contributed by atoms with van der Waals surface area (Å²) in [6.45, 7) is 3.31. The largest absolute Gasteiger partial charge is 0.378 e. The van der Waals surface area contributed by atoms with E-state index in [0.717, 1.165) is 17.9 Å². The van der Waals surface area contributed by atoms with E-state index in [4.69, 9.17) is 4.74 Å². The molecule has 0 aromatic heterocycles. The van der Waals surface area contributed by atoms with Crippen LogP contribution in [0.25, 0.3) is 0 Å². The van der Waals surface area contributed by atoms with Crippen LogP contribution in [0.1, 0.15) is 45.4 Å². The van der Waals surface area contributed by atoms with Crippen LogP contribution in [-0.4, -0.2) is 18.0 Å². The molecule has 1 rings (SSSR count). The Kier molecular flexibility index (Phi) is 6.05. The van der Waals surface area contributed by atoms with Crippen LogP contribution in [0.3, 0.4) is 0 Å². The van der Waals surface area contributed by atoms with Gasteiger partial charge in [-0.2, -0.15) is 0 Å². The fraction of sp³-hybridized carbons (Fsp3) is 1.00. The highest BCUT2D eigenvalue weighted by Gasteiger charge is 2.17. The lowest BCUT2D eigenvalue weighted by molar-refractivity contribution is 0.0186. The Morgan fingerprint density at radius 2 is 1.85 bits per heavy atom. The Bertz CT molecular complexity index is 119. The predicted molar refractivity (Wildman–Crippen MR) is 60.4 cm³/mol. The molecule has 0 amide bonds. The van der Waals surface area contributed by atoms with Crippen molar-refractivity contribution in [2.45, 2.75) is 51.6 Å². The van der Waals surface area contributed by atoms with E-state index in [1.54, 1.807) is 0 Å². The number of unbranched alkanes of at least 4 members (excludes halogenated alkanes) is 1. The lowest BCUT2D eigenvalue weighted by Crippen LogP contribution is -2.20. The highest BCUT2D eigenvalue weighted by molar-refractivity contribution is 9.09. The maximum absolute atomic E-state index is 5.81. The SMILES string of the molecule is CC1CCC(OCCCCBr)CC1. The number of rotatable bonds is 5. The number of hydrogen-bond acceptors (Lipinski definition) is 1. The van der Waals surface area contributed by atoms with Crippen molar-refractivity contribution in [3.05, 3.63) is 0 Å².